The highest BCUT2D eigenvalue weighted by Crippen LogP contribution is 2.34. The van der Waals surface area contributed by atoms with E-state index < -0.39 is 0 Å². The number of aliphatic imine (C=N–C) groups is 1. The Morgan fingerprint density at radius 3 is 2.54 bits per heavy atom. The first-order valence-electron chi connectivity index (χ1n) is 3.87. The first-order valence-corrected chi connectivity index (χ1v) is 4.75. The number of amidine groups is 1. The van der Waals surface area contributed by atoms with Crippen LogP contribution in [0.1, 0.15) is 10.8 Å². The van der Waals surface area contributed by atoms with Crippen molar-refractivity contribution >= 4 is 22.8 Å². The molecule has 2 rings (SSSR count). The largest absolute Gasteiger partial charge is 0.378 e. The van der Waals surface area contributed by atoms with Crippen LogP contribution >= 0.6 is 11.8 Å². The summed E-state index contributed by atoms with van der Waals surface area (Å²) < 4.78 is 0. The van der Waals surface area contributed by atoms with Crippen molar-refractivity contribution in [1.82, 2.24) is 0 Å². The van der Waals surface area contributed by atoms with Crippen LogP contribution in [-0.4, -0.2) is 11.1 Å². The van der Waals surface area contributed by atoms with Gasteiger partial charge in [-0.25, -0.2) is 0 Å². The lowest BCUT2D eigenvalue weighted by Gasteiger charge is -2.04. The molecule has 1 aliphatic heterocycles. The van der Waals surface area contributed by atoms with E-state index in [1.807, 2.05) is 30.3 Å². The summed E-state index contributed by atoms with van der Waals surface area (Å²) in [5, 5.41) is 0.125. The topological polar surface area (TPSA) is 55.4 Å². The molecule has 1 heterocycles. The first kappa shape index (κ1) is 8.31. The van der Waals surface area contributed by atoms with Crippen LogP contribution in [0.5, 0.6) is 0 Å². The summed E-state index contributed by atoms with van der Waals surface area (Å²) in [5.74, 6) is -0.159. The quantitative estimate of drug-likeness (QED) is 0.730. The Morgan fingerprint density at radius 1 is 1.31 bits per heavy atom. The third kappa shape index (κ3) is 1.58. The van der Waals surface area contributed by atoms with Crippen molar-refractivity contribution in [1.29, 1.82) is 0 Å². The number of hydrogen-bond donors (Lipinski definition) is 1. The molecule has 0 bridgehead atoms. The molecule has 0 radical (unpaired) electrons. The Hall–Kier alpha value is -1.29. The Labute approximate surface area is 80.0 Å². The Morgan fingerprint density at radius 2 is 2.00 bits per heavy atom. The van der Waals surface area contributed by atoms with Gasteiger partial charge in [-0.2, -0.15) is 4.99 Å². The van der Waals surface area contributed by atoms with Gasteiger partial charge in [-0.15, -0.1) is 0 Å². The van der Waals surface area contributed by atoms with Crippen molar-refractivity contribution < 1.29 is 4.79 Å². The molecular weight excluding hydrogens is 184 g/mol. The van der Waals surface area contributed by atoms with Crippen LogP contribution in [-0.2, 0) is 4.79 Å². The molecular formula is C9H8N2OS. The average molecular weight is 192 g/mol. The number of amides is 1. The molecule has 66 valence electrons. The number of carbonyl (C=O) groups excluding carboxylic acids is 1. The van der Waals surface area contributed by atoms with Gasteiger partial charge in [0.2, 0.25) is 0 Å². The molecule has 1 atom stereocenters. The fourth-order valence-corrected chi connectivity index (χ4v) is 2.03. The predicted molar refractivity (Wildman–Crippen MR) is 53.4 cm³/mol. The predicted octanol–water partition coefficient (Wildman–Crippen LogP) is 1.32. The van der Waals surface area contributed by atoms with Crippen molar-refractivity contribution in [2.24, 2.45) is 10.7 Å². The molecule has 0 fully saturated rings. The van der Waals surface area contributed by atoms with E-state index >= 15 is 0 Å². The highest BCUT2D eigenvalue weighted by Gasteiger charge is 2.27. The number of thioether (sulfide) groups is 1. The van der Waals surface area contributed by atoms with E-state index in [1.165, 1.54) is 11.8 Å². The van der Waals surface area contributed by atoms with Crippen molar-refractivity contribution in [2.45, 2.75) is 5.25 Å². The van der Waals surface area contributed by atoms with Crippen molar-refractivity contribution in [3.05, 3.63) is 35.9 Å². The standard InChI is InChI=1S/C9H8N2OS/c10-9-11-8(12)7(13-9)6-4-2-1-3-5-6/h1-5,7H,(H2,10,11,12)/t7-/m1/s1. The lowest BCUT2D eigenvalue weighted by molar-refractivity contribution is -0.117. The fraction of sp³-hybridized carbons (Fsp3) is 0.111. The van der Waals surface area contributed by atoms with E-state index in [4.69, 9.17) is 5.73 Å². The molecule has 0 unspecified atom stereocenters. The zero-order valence-corrected chi connectivity index (χ0v) is 7.62. The molecule has 4 heteroatoms. The zero-order valence-electron chi connectivity index (χ0n) is 6.81. The van der Waals surface area contributed by atoms with Gasteiger partial charge in [-0.3, -0.25) is 4.79 Å². The summed E-state index contributed by atoms with van der Waals surface area (Å²) >= 11 is 1.30. The molecule has 1 aromatic carbocycles. The van der Waals surface area contributed by atoms with Gasteiger partial charge in [0.05, 0.1) is 0 Å². The molecule has 13 heavy (non-hydrogen) atoms. The molecule has 0 spiro atoms. The normalized spacial score (nSPS) is 21.7. The maximum absolute atomic E-state index is 11.3. The van der Waals surface area contributed by atoms with E-state index in [2.05, 4.69) is 4.99 Å². The number of carbonyl (C=O) groups is 1. The van der Waals surface area contributed by atoms with Gasteiger partial charge in [0.1, 0.15) is 5.25 Å². The number of hydrogen-bond acceptors (Lipinski definition) is 3. The molecule has 0 aromatic heterocycles. The number of nitrogens with zero attached hydrogens (tertiary/aromatic N) is 1. The summed E-state index contributed by atoms with van der Waals surface area (Å²) in [6.07, 6.45) is 0. The van der Waals surface area contributed by atoms with Crippen LogP contribution in [0.3, 0.4) is 0 Å². The maximum atomic E-state index is 11.3. The fourth-order valence-electron chi connectivity index (χ4n) is 1.20. The van der Waals surface area contributed by atoms with E-state index in [9.17, 15) is 4.79 Å². The van der Waals surface area contributed by atoms with E-state index in [0.717, 1.165) is 5.56 Å². The van der Waals surface area contributed by atoms with Crippen LogP contribution in [0.25, 0.3) is 0 Å². The van der Waals surface area contributed by atoms with Gasteiger partial charge < -0.3 is 5.73 Å². The number of rotatable bonds is 1. The highest BCUT2D eigenvalue weighted by molar-refractivity contribution is 8.15. The van der Waals surface area contributed by atoms with Gasteiger partial charge in [0, 0.05) is 0 Å². The van der Waals surface area contributed by atoms with Crippen molar-refractivity contribution in [2.75, 3.05) is 0 Å². The maximum Gasteiger partial charge on any atom is 0.266 e. The molecule has 1 amide bonds. The minimum Gasteiger partial charge on any atom is -0.378 e. The molecule has 0 saturated carbocycles. The molecule has 3 nitrogen and oxygen atoms in total. The third-order valence-corrected chi connectivity index (χ3v) is 2.83. The van der Waals surface area contributed by atoms with Crippen LogP contribution in [0.2, 0.25) is 0 Å². The van der Waals surface area contributed by atoms with Crippen LogP contribution in [0.4, 0.5) is 0 Å². The SMILES string of the molecule is NC1=NC(=O)[C@@H](c2ccccc2)S1. The molecule has 1 aromatic rings. The van der Waals surface area contributed by atoms with E-state index in [0.29, 0.717) is 5.17 Å². The molecule has 0 aliphatic carbocycles. The van der Waals surface area contributed by atoms with Crippen molar-refractivity contribution in [3.8, 4) is 0 Å². The summed E-state index contributed by atoms with van der Waals surface area (Å²) in [4.78, 5) is 15.0. The summed E-state index contributed by atoms with van der Waals surface area (Å²) in [6, 6.07) is 9.53. The second-order valence-electron chi connectivity index (χ2n) is 2.70. The Balaban J connectivity index is 2.26. The third-order valence-electron chi connectivity index (χ3n) is 1.79. The smallest absolute Gasteiger partial charge is 0.266 e. The highest BCUT2D eigenvalue weighted by atomic mass is 32.2. The average Bonchev–Trinajstić information content (AvgIpc) is 2.47. The van der Waals surface area contributed by atoms with Crippen LogP contribution in [0, 0.1) is 0 Å². The minimum absolute atomic E-state index is 0.159. The van der Waals surface area contributed by atoms with E-state index in [1.54, 1.807) is 0 Å². The van der Waals surface area contributed by atoms with Crippen LogP contribution < -0.4 is 5.73 Å². The summed E-state index contributed by atoms with van der Waals surface area (Å²) in [5.41, 5.74) is 6.40. The second kappa shape index (κ2) is 3.22. The molecule has 2 N–H and O–H groups in total. The Kier molecular flexibility index (Phi) is 2.06. The van der Waals surface area contributed by atoms with Gasteiger partial charge in [-0.1, -0.05) is 42.1 Å². The van der Waals surface area contributed by atoms with Crippen molar-refractivity contribution in [3.63, 3.8) is 0 Å². The van der Waals surface area contributed by atoms with Gasteiger partial charge in [-0.05, 0) is 5.56 Å². The molecule has 1 aliphatic rings. The second-order valence-corrected chi connectivity index (χ2v) is 3.82. The first-order chi connectivity index (χ1) is 6.27. The van der Waals surface area contributed by atoms with Gasteiger partial charge in [0.25, 0.3) is 5.91 Å². The van der Waals surface area contributed by atoms with Gasteiger partial charge in [0.15, 0.2) is 5.17 Å². The summed E-state index contributed by atoms with van der Waals surface area (Å²) in [7, 11) is 0. The van der Waals surface area contributed by atoms with Crippen LogP contribution in [0.15, 0.2) is 35.3 Å². The minimum atomic E-state index is -0.235. The summed E-state index contributed by atoms with van der Waals surface area (Å²) in [6.45, 7) is 0. The number of benzene rings is 1. The van der Waals surface area contributed by atoms with Gasteiger partial charge >= 0.3 is 0 Å². The monoisotopic (exact) mass is 192 g/mol. The lowest BCUT2D eigenvalue weighted by atomic mass is 10.1. The number of nitrogens with two attached hydrogens (primary N) is 1. The molecule has 0 saturated heterocycles. The van der Waals surface area contributed by atoms with E-state index in [-0.39, 0.29) is 11.2 Å². The lowest BCUT2D eigenvalue weighted by Crippen LogP contribution is -2.02. The Bertz CT molecular complexity index is 361. The zero-order chi connectivity index (χ0) is 9.26.